The van der Waals surface area contributed by atoms with Gasteiger partial charge in [0.1, 0.15) is 18.1 Å². The number of hydrogen-bond donors (Lipinski definition) is 2. The SMILES string of the molecule is COC(=O)c1ccc(COc2ccccc2C=NNc2nnc(C)c(=O)[nH]2)cc1. The molecule has 0 aliphatic carbocycles. The number of carbonyl (C=O) groups is 1. The van der Waals surface area contributed by atoms with Gasteiger partial charge in [-0.25, -0.2) is 10.2 Å². The molecule has 3 rings (SSSR count). The van der Waals surface area contributed by atoms with Gasteiger partial charge in [-0.1, -0.05) is 24.3 Å². The Kier molecular flexibility index (Phi) is 6.31. The number of H-pyrrole nitrogens is 1. The van der Waals surface area contributed by atoms with Gasteiger partial charge >= 0.3 is 5.97 Å². The van der Waals surface area contributed by atoms with E-state index in [1.807, 2.05) is 24.3 Å². The van der Waals surface area contributed by atoms with Gasteiger partial charge in [-0.2, -0.15) is 5.10 Å². The molecule has 0 spiro atoms. The second-order valence-corrected chi connectivity index (χ2v) is 5.97. The predicted molar refractivity (Wildman–Crippen MR) is 107 cm³/mol. The molecule has 2 N–H and O–H groups in total. The number of aromatic amines is 1. The number of anilines is 1. The Hall–Kier alpha value is -4.01. The molecule has 1 aromatic heterocycles. The van der Waals surface area contributed by atoms with Crippen molar-refractivity contribution in [3.05, 3.63) is 81.3 Å². The quantitative estimate of drug-likeness (QED) is 0.359. The van der Waals surface area contributed by atoms with E-state index in [0.29, 0.717) is 17.9 Å². The van der Waals surface area contributed by atoms with Gasteiger partial charge in [-0.3, -0.25) is 9.78 Å². The molecule has 0 saturated carbocycles. The van der Waals surface area contributed by atoms with E-state index in [4.69, 9.17) is 4.74 Å². The smallest absolute Gasteiger partial charge is 0.337 e. The number of aryl methyl sites for hydroxylation is 1. The first kappa shape index (κ1) is 19.7. The number of aromatic nitrogens is 3. The molecule has 0 radical (unpaired) electrons. The number of methoxy groups -OCH3 is 1. The molecular formula is C20H19N5O4. The third-order valence-electron chi connectivity index (χ3n) is 3.92. The van der Waals surface area contributed by atoms with Gasteiger partial charge < -0.3 is 9.47 Å². The van der Waals surface area contributed by atoms with Gasteiger partial charge in [0.15, 0.2) is 0 Å². The third kappa shape index (κ3) is 5.25. The van der Waals surface area contributed by atoms with Crippen LogP contribution >= 0.6 is 0 Å². The standard InChI is InChI=1S/C20H19N5O4/c1-13-18(26)22-20(25-23-13)24-21-11-16-5-3-4-6-17(16)29-12-14-7-9-15(10-8-14)19(27)28-2/h3-11H,12H2,1-2H3,(H2,22,24,25,26). The number of ether oxygens (including phenoxy) is 2. The molecule has 9 heteroatoms. The summed E-state index contributed by atoms with van der Waals surface area (Å²) in [5.41, 5.74) is 4.67. The molecule has 148 valence electrons. The summed E-state index contributed by atoms with van der Waals surface area (Å²) in [4.78, 5) is 25.5. The topological polar surface area (TPSA) is 119 Å². The van der Waals surface area contributed by atoms with Crippen molar-refractivity contribution >= 4 is 18.1 Å². The molecule has 9 nitrogen and oxygen atoms in total. The summed E-state index contributed by atoms with van der Waals surface area (Å²) in [6.07, 6.45) is 1.55. The lowest BCUT2D eigenvalue weighted by Gasteiger charge is -2.09. The van der Waals surface area contributed by atoms with Crippen LogP contribution in [0, 0.1) is 6.92 Å². The van der Waals surface area contributed by atoms with Crippen molar-refractivity contribution in [1.29, 1.82) is 0 Å². The van der Waals surface area contributed by atoms with Crippen LogP contribution in [0.2, 0.25) is 0 Å². The molecule has 29 heavy (non-hydrogen) atoms. The lowest BCUT2D eigenvalue weighted by molar-refractivity contribution is 0.0600. The Balaban J connectivity index is 1.64. The molecular weight excluding hydrogens is 374 g/mol. The van der Waals surface area contributed by atoms with Crippen LogP contribution < -0.4 is 15.7 Å². The van der Waals surface area contributed by atoms with Crippen molar-refractivity contribution in [1.82, 2.24) is 15.2 Å². The maximum absolute atomic E-state index is 11.5. The van der Waals surface area contributed by atoms with E-state index in [0.717, 1.165) is 11.1 Å². The summed E-state index contributed by atoms with van der Waals surface area (Å²) in [5, 5.41) is 11.6. The molecule has 0 unspecified atom stereocenters. The average Bonchev–Trinajstić information content (AvgIpc) is 2.75. The molecule has 0 amide bonds. The van der Waals surface area contributed by atoms with Gasteiger partial charge in [0, 0.05) is 5.56 Å². The monoisotopic (exact) mass is 393 g/mol. The Morgan fingerprint density at radius 3 is 2.66 bits per heavy atom. The number of hydrogen-bond acceptors (Lipinski definition) is 8. The highest BCUT2D eigenvalue weighted by Gasteiger charge is 2.06. The summed E-state index contributed by atoms with van der Waals surface area (Å²) < 4.78 is 10.6. The first-order chi connectivity index (χ1) is 14.1. The minimum absolute atomic E-state index is 0.140. The molecule has 3 aromatic rings. The van der Waals surface area contributed by atoms with Gasteiger partial charge in [0.25, 0.3) is 5.56 Å². The van der Waals surface area contributed by atoms with E-state index in [1.165, 1.54) is 7.11 Å². The van der Waals surface area contributed by atoms with Crippen LogP contribution in [0.3, 0.4) is 0 Å². The second kappa shape index (κ2) is 9.27. The van der Waals surface area contributed by atoms with E-state index in [9.17, 15) is 9.59 Å². The van der Waals surface area contributed by atoms with Crippen molar-refractivity contribution in [3.8, 4) is 5.75 Å². The van der Waals surface area contributed by atoms with Crippen molar-refractivity contribution in [2.75, 3.05) is 12.5 Å². The van der Waals surface area contributed by atoms with Crippen molar-refractivity contribution < 1.29 is 14.3 Å². The summed E-state index contributed by atoms with van der Waals surface area (Å²) in [5.74, 6) is 0.380. The second-order valence-electron chi connectivity index (χ2n) is 5.97. The normalized spacial score (nSPS) is 10.7. The lowest BCUT2D eigenvalue weighted by Crippen LogP contribution is -2.15. The maximum atomic E-state index is 11.5. The predicted octanol–water partition coefficient (Wildman–Crippen LogP) is 2.28. The fourth-order valence-electron chi connectivity index (χ4n) is 2.34. The first-order valence-electron chi connectivity index (χ1n) is 8.68. The fourth-order valence-corrected chi connectivity index (χ4v) is 2.34. The number of nitrogens with zero attached hydrogens (tertiary/aromatic N) is 3. The van der Waals surface area contributed by atoms with Gasteiger partial charge in [-0.15, -0.1) is 10.2 Å². The highest BCUT2D eigenvalue weighted by molar-refractivity contribution is 5.89. The minimum Gasteiger partial charge on any atom is -0.488 e. The van der Waals surface area contributed by atoms with E-state index >= 15 is 0 Å². The number of nitrogens with one attached hydrogen (secondary N) is 2. The zero-order chi connectivity index (χ0) is 20.6. The van der Waals surface area contributed by atoms with Gasteiger partial charge in [-0.05, 0) is 36.8 Å². The molecule has 0 saturated heterocycles. The molecule has 0 aliphatic heterocycles. The van der Waals surface area contributed by atoms with Crippen molar-refractivity contribution in [2.45, 2.75) is 13.5 Å². The van der Waals surface area contributed by atoms with Crippen LogP contribution in [0.5, 0.6) is 5.75 Å². The van der Waals surface area contributed by atoms with Crippen LogP contribution in [0.1, 0.15) is 27.2 Å². The molecule has 0 bridgehead atoms. The maximum Gasteiger partial charge on any atom is 0.337 e. The third-order valence-corrected chi connectivity index (χ3v) is 3.92. The highest BCUT2D eigenvalue weighted by Crippen LogP contribution is 2.18. The number of rotatable bonds is 7. The van der Waals surface area contributed by atoms with Gasteiger partial charge in [0.05, 0.1) is 18.9 Å². The average molecular weight is 393 g/mol. The van der Waals surface area contributed by atoms with Crippen LogP contribution in [0.25, 0.3) is 0 Å². The molecule has 0 aliphatic rings. The Morgan fingerprint density at radius 1 is 1.17 bits per heavy atom. The number of carbonyl (C=O) groups excluding carboxylic acids is 1. The largest absolute Gasteiger partial charge is 0.488 e. The van der Waals surface area contributed by atoms with Crippen LogP contribution in [0.4, 0.5) is 5.95 Å². The van der Waals surface area contributed by atoms with Crippen LogP contribution in [-0.2, 0) is 11.3 Å². The minimum atomic E-state index is -0.383. The Morgan fingerprint density at radius 2 is 1.93 bits per heavy atom. The zero-order valence-electron chi connectivity index (χ0n) is 15.9. The van der Waals surface area contributed by atoms with E-state index in [2.05, 4.69) is 30.4 Å². The summed E-state index contributed by atoms with van der Waals surface area (Å²) in [6, 6.07) is 14.3. The molecule has 2 aromatic carbocycles. The fraction of sp³-hybridized carbons (Fsp3) is 0.150. The zero-order valence-corrected chi connectivity index (χ0v) is 15.9. The molecule has 0 atom stereocenters. The summed E-state index contributed by atoms with van der Waals surface area (Å²) >= 11 is 0. The molecule has 1 heterocycles. The highest BCUT2D eigenvalue weighted by atomic mass is 16.5. The number of benzene rings is 2. The number of esters is 1. The molecule has 0 fully saturated rings. The van der Waals surface area contributed by atoms with Crippen LogP contribution in [-0.4, -0.2) is 34.5 Å². The van der Waals surface area contributed by atoms with Crippen LogP contribution in [0.15, 0.2) is 58.4 Å². The first-order valence-corrected chi connectivity index (χ1v) is 8.68. The Labute approximate surface area is 166 Å². The Bertz CT molecular complexity index is 1080. The van der Waals surface area contributed by atoms with Crippen molar-refractivity contribution in [2.24, 2.45) is 5.10 Å². The van der Waals surface area contributed by atoms with Crippen molar-refractivity contribution in [3.63, 3.8) is 0 Å². The van der Waals surface area contributed by atoms with E-state index in [-0.39, 0.29) is 23.2 Å². The lowest BCUT2D eigenvalue weighted by atomic mass is 10.1. The van der Waals surface area contributed by atoms with E-state index < -0.39 is 0 Å². The number of hydrazone groups is 1. The van der Waals surface area contributed by atoms with E-state index in [1.54, 1.807) is 37.4 Å². The van der Waals surface area contributed by atoms with Gasteiger partial charge in [0.2, 0.25) is 5.95 Å². The summed E-state index contributed by atoms with van der Waals surface area (Å²) in [6.45, 7) is 1.88. The summed E-state index contributed by atoms with van der Waals surface area (Å²) in [7, 11) is 1.34. The number of para-hydroxylation sites is 1.